The Hall–Kier alpha value is -1.68. The standard InChI is InChI=1S/C13H11N/c1-2-10-4-3-5-13-12(10)8-9-14(13)11-6-7-11/h1,3-5,8-9,11H,6-7H2. The van der Waals surface area contributed by atoms with Crippen molar-refractivity contribution < 1.29 is 0 Å². The first-order chi connectivity index (χ1) is 6.90. The molecule has 1 aromatic carbocycles. The number of aromatic nitrogens is 1. The largest absolute Gasteiger partial charge is 0.344 e. The molecule has 0 radical (unpaired) electrons. The van der Waals surface area contributed by atoms with Gasteiger partial charge in [-0.1, -0.05) is 12.0 Å². The van der Waals surface area contributed by atoms with Gasteiger partial charge in [0, 0.05) is 28.7 Å². The topological polar surface area (TPSA) is 4.93 Å². The van der Waals surface area contributed by atoms with Crippen molar-refractivity contribution in [2.24, 2.45) is 0 Å². The Kier molecular flexibility index (Phi) is 1.46. The molecule has 0 aliphatic heterocycles. The molecule has 1 aliphatic carbocycles. The Morgan fingerprint density at radius 1 is 1.29 bits per heavy atom. The minimum absolute atomic E-state index is 0.723. The van der Waals surface area contributed by atoms with Crippen molar-refractivity contribution in [3.8, 4) is 12.3 Å². The Balaban J connectivity index is 2.32. The van der Waals surface area contributed by atoms with E-state index in [0.717, 1.165) is 11.6 Å². The van der Waals surface area contributed by atoms with Gasteiger partial charge < -0.3 is 4.57 Å². The van der Waals surface area contributed by atoms with Gasteiger partial charge in [0.05, 0.1) is 0 Å². The van der Waals surface area contributed by atoms with Gasteiger partial charge in [-0.05, 0) is 31.0 Å². The third kappa shape index (κ3) is 0.975. The molecule has 1 heterocycles. The summed E-state index contributed by atoms with van der Waals surface area (Å²) in [5.41, 5.74) is 2.28. The first kappa shape index (κ1) is 7.70. The van der Waals surface area contributed by atoms with Crippen LogP contribution in [0, 0.1) is 12.3 Å². The first-order valence-corrected chi connectivity index (χ1v) is 4.96. The smallest absolute Gasteiger partial charge is 0.0495 e. The molecular weight excluding hydrogens is 170 g/mol. The molecule has 1 heteroatoms. The van der Waals surface area contributed by atoms with E-state index in [1.807, 2.05) is 12.1 Å². The van der Waals surface area contributed by atoms with Crippen molar-refractivity contribution in [3.05, 3.63) is 36.0 Å². The molecule has 0 unspecified atom stereocenters. The number of benzene rings is 1. The van der Waals surface area contributed by atoms with Crippen LogP contribution in [0.3, 0.4) is 0 Å². The fourth-order valence-corrected chi connectivity index (χ4v) is 1.99. The lowest BCUT2D eigenvalue weighted by Gasteiger charge is -2.02. The highest BCUT2D eigenvalue weighted by Crippen LogP contribution is 2.38. The van der Waals surface area contributed by atoms with Crippen molar-refractivity contribution in [3.63, 3.8) is 0 Å². The molecule has 2 aromatic rings. The lowest BCUT2D eigenvalue weighted by atomic mass is 10.1. The Labute approximate surface area is 83.4 Å². The fourth-order valence-electron chi connectivity index (χ4n) is 1.99. The third-order valence-corrected chi connectivity index (χ3v) is 2.86. The van der Waals surface area contributed by atoms with Crippen LogP contribution in [-0.4, -0.2) is 4.57 Å². The van der Waals surface area contributed by atoms with Crippen LogP contribution in [0.4, 0.5) is 0 Å². The van der Waals surface area contributed by atoms with Gasteiger partial charge in [-0.25, -0.2) is 0 Å². The maximum absolute atomic E-state index is 5.46. The van der Waals surface area contributed by atoms with Crippen LogP contribution in [0.5, 0.6) is 0 Å². The van der Waals surface area contributed by atoms with Gasteiger partial charge in [-0.3, -0.25) is 0 Å². The van der Waals surface area contributed by atoms with E-state index in [2.05, 4.69) is 28.8 Å². The molecule has 0 N–H and O–H groups in total. The summed E-state index contributed by atoms with van der Waals surface area (Å²) in [4.78, 5) is 0. The Bertz CT molecular complexity index is 524. The minimum atomic E-state index is 0.723. The van der Waals surface area contributed by atoms with Crippen molar-refractivity contribution in [2.45, 2.75) is 18.9 Å². The molecule has 1 aliphatic rings. The van der Waals surface area contributed by atoms with Gasteiger partial charge in [0.25, 0.3) is 0 Å². The molecule has 0 atom stereocenters. The number of nitrogens with zero attached hydrogens (tertiary/aromatic N) is 1. The van der Waals surface area contributed by atoms with Crippen molar-refractivity contribution in [1.82, 2.24) is 4.57 Å². The van der Waals surface area contributed by atoms with E-state index in [1.165, 1.54) is 23.7 Å². The molecule has 1 nitrogen and oxygen atoms in total. The van der Waals surface area contributed by atoms with Gasteiger partial charge in [0.1, 0.15) is 0 Å². The zero-order chi connectivity index (χ0) is 9.54. The maximum Gasteiger partial charge on any atom is 0.0495 e. The summed E-state index contributed by atoms with van der Waals surface area (Å²) in [6, 6.07) is 9.04. The normalized spacial score (nSPS) is 15.6. The lowest BCUT2D eigenvalue weighted by molar-refractivity contribution is 0.776. The van der Waals surface area contributed by atoms with Gasteiger partial charge >= 0.3 is 0 Å². The molecule has 0 bridgehead atoms. The third-order valence-electron chi connectivity index (χ3n) is 2.86. The average Bonchev–Trinajstić information content (AvgIpc) is 2.97. The highest BCUT2D eigenvalue weighted by Gasteiger charge is 2.24. The van der Waals surface area contributed by atoms with Crippen LogP contribution in [-0.2, 0) is 0 Å². The monoisotopic (exact) mass is 181 g/mol. The second-order valence-corrected chi connectivity index (χ2v) is 3.84. The lowest BCUT2D eigenvalue weighted by Crippen LogP contribution is -1.90. The number of hydrogen-bond donors (Lipinski definition) is 0. The van der Waals surface area contributed by atoms with Crippen LogP contribution in [0.2, 0.25) is 0 Å². The molecule has 14 heavy (non-hydrogen) atoms. The second-order valence-electron chi connectivity index (χ2n) is 3.84. The molecule has 1 saturated carbocycles. The van der Waals surface area contributed by atoms with E-state index in [1.54, 1.807) is 0 Å². The number of rotatable bonds is 1. The van der Waals surface area contributed by atoms with E-state index < -0.39 is 0 Å². The summed E-state index contributed by atoms with van der Waals surface area (Å²) in [6.45, 7) is 0. The zero-order valence-corrected chi connectivity index (χ0v) is 7.90. The average molecular weight is 181 g/mol. The predicted octanol–water partition coefficient (Wildman–Crippen LogP) is 2.96. The Morgan fingerprint density at radius 3 is 2.86 bits per heavy atom. The summed E-state index contributed by atoms with van der Waals surface area (Å²) in [5, 5.41) is 1.21. The molecule has 0 spiro atoms. The fraction of sp³-hybridized carbons (Fsp3) is 0.231. The molecule has 3 rings (SSSR count). The first-order valence-electron chi connectivity index (χ1n) is 4.96. The van der Waals surface area contributed by atoms with Crippen LogP contribution >= 0.6 is 0 Å². The van der Waals surface area contributed by atoms with Gasteiger partial charge in [0.2, 0.25) is 0 Å². The molecular formula is C13H11N. The van der Waals surface area contributed by atoms with E-state index in [9.17, 15) is 0 Å². The number of hydrogen-bond acceptors (Lipinski definition) is 0. The maximum atomic E-state index is 5.46. The zero-order valence-electron chi connectivity index (χ0n) is 7.90. The summed E-state index contributed by atoms with van der Waals surface area (Å²) < 4.78 is 2.34. The molecule has 68 valence electrons. The van der Waals surface area contributed by atoms with Crippen LogP contribution < -0.4 is 0 Å². The quantitative estimate of drug-likeness (QED) is 0.596. The van der Waals surface area contributed by atoms with E-state index >= 15 is 0 Å². The van der Waals surface area contributed by atoms with Gasteiger partial charge in [-0.2, -0.15) is 0 Å². The van der Waals surface area contributed by atoms with Crippen molar-refractivity contribution in [1.29, 1.82) is 0 Å². The van der Waals surface area contributed by atoms with Crippen molar-refractivity contribution >= 4 is 10.9 Å². The summed E-state index contributed by atoms with van der Waals surface area (Å²) >= 11 is 0. The van der Waals surface area contributed by atoms with Gasteiger partial charge in [-0.15, -0.1) is 6.42 Å². The SMILES string of the molecule is C#Cc1cccc2c1ccn2C1CC1. The summed E-state index contributed by atoms with van der Waals surface area (Å²) in [7, 11) is 0. The Morgan fingerprint density at radius 2 is 2.14 bits per heavy atom. The van der Waals surface area contributed by atoms with E-state index in [4.69, 9.17) is 6.42 Å². The molecule has 1 fully saturated rings. The van der Waals surface area contributed by atoms with Crippen LogP contribution in [0.25, 0.3) is 10.9 Å². The second kappa shape index (κ2) is 2.65. The van der Waals surface area contributed by atoms with Crippen LogP contribution in [0.15, 0.2) is 30.5 Å². The van der Waals surface area contributed by atoms with E-state index in [-0.39, 0.29) is 0 Å². The predicted molar refractivity (Wildman–Crippen MR) is 58.1 cm³/mol. The highest BCUT2D eigenvalue weighted by molar-refractivity contribution is 5.86. The van der Waals surface area contributed by atoms with E-state index in [0.29, 0.717) is 0 Å². The molecule has 1 aromatic heterocycles. The summed E-state index contributed by atoms with van der Waals surface area (Å²) in [6.07, 6.45) is 10.2. The molecule has 0 saturated heterocycles. The van der Waals surface area contributed by atoms with Gasteiger partial charge in [0.15, 0.2) is 0 Å². The highest BCUT2D eigenvalue weighted by atomic mass is 15.0. The number of fused-ring (bicyclic) bond motifs is 1. The van der Waals surface area contributed by atoms with Crippen molar-refractivity contribution in [2.75, 3.05) is 0 Å². The summed E-state index contributed by atoms with van der Waals surface area (Å²) in [5.74, 6) is 2.73. The minimum Gasteiger partial charge on any atom is -0.344 e. The van der Waals surface area contributed by atoms with Crippen LogP contribution in [0.1, 0.15) is 24.4 Å². The molecule has 0 amide bonds. The number of terminal acetylenes is 1.